The van der Waals surface area contributed by atoms with Crippen LogP contribution in [0.1, 0.15) is 271 Å². The summed E-state index contributed by atoms with van der Waals surface area (Å²) < 4.78 is 93.1. The van der Waals surface area contributed by atoms with Crippen LogP contribution in [0.4, 0.5) is 30.7 Å². The summed E-state index contributed by atoms with van der Waals surface area (Å²) in [6.07, 6.45) is 54.3. The zero-order valence-corrected chi connectivity index (χ0v) is 56.0. The van der Waals surface area contributed by atoms with Gasteiger partial charge in [-0.3, -0.25) is 0 Å². The number of hydrogen-bond acceptors (Lipinski definition) is 0. The number of halogens is 8. The minimum absolute atomic E-state index is 0.233. The van der Waals surface area contributed by atoms with Crippen molar-refractivity contribution in [2.45, 2.75) is 249 Å². The molecule has 4 aromatic rings. The van der Waals surface area contributed by atoms with Gasteiger partial charge < -0.3 is 0 Å². The molecule has 8 aliphatic carbocycles. The molecule has 0 spiro atoms. The van der Waals surface area contributed by atoms with Crippen LogP contribution in [0.3, 0.4) is 0 Å². The van der Waals surface area contributed by atoms with E-state index in [1.807, 2.05) is 12.1 Å². The Hall–Kier alpha value is -4.36. The van der Waals surface area contributed by atoms with Gasteiger partial charge in [0.15, 0.2) is 34.9 Å². The highest BCUT2D eigenvalue weighted by Crippen LogP contribution is 2.49. The zero-order valence-electron chi connectivity index (χ0n) is 55.2. The summed E-state index contributed by atoms with van der Waals surface area (Å²) in [5, 5.41) is 0.233. The maximum absolute atomic E-state index is 13.6. The van der Waals surface area contributed by atoms with E-state index in [1.54, 1.807) is 30.3 Å². The first-order valence-electron chi connectivity index (χ1n) is 36.5. The van der Waals surface area contributed by atoms with Crippen LogP contribution in [-0.4, -0.2) is 0 Å². The first-order valence-corrected chi connectivity index (χ1v) is 36.8. The molecule has 12 rings (SSSR count). The van der Waals surface area contributed by atoms with E-state index < -0.39 is 34.9 Å². The van der Waals surface area contributed by atoms with E-state index in [2.05, 4.69) is 51.0 Å². The van der Waals surface area contributed by atoms with Crippen molar-refractivity contribution in [3.63, 3.8) is 0 Å². The lowest BCUT2D eigenvalue weighted by Crippen LogP contribution is -2.25. The van der Waals surface area contributed by atoms with Gasteiger partial charge in [-0.2, -0.15) is 0 Å². The Labute approximate surface area is 550 Å². The molecule has 4 aromatic carbocycles. The Morgan fingerprint density at radius 2 is 0.593 bits per heavy atom. The van der Waals surface area contributed by atoms with Gasteiger partial charge >= 0.3 is 0 Å². The van der Waals surface area contributed by atoms with Crippen molar-refractivity contribution in [2.24, 2.45) is 71.0 Å². The second-order valence-corrected chi connectivity index (χ2v) is 30.2. The maximum atomic E-state index is 13.6. The Kier molecular flexibility index (Phi) is 28.0. The highest BCUT2D eigenvalue weighted by Gasteiger charge is 2.36. The fraction of sp³-hybridized carbons (Fsp3) is 0.614. The summed E-state index contributed by atoms with van der Waals surface area (Å²) in [7, 11) is 0. The van der Waals surface area contributed by atoms with Crippen molar-refractivity contribution < 1.29 is 30.7 Å². The van der Waals surface area contributed by atoms with Crippen LogP contribution in [0.5, 0.6) is 0 Å². The summed E-state index contributed by atoms with van der Waals surface area (Å²) in [4.78, 5) is 0. The Morgan fingerprint density at radius 3 is 0.857 bits per heavy atom. The van der Waals surface area contributed by atoms with Crippen molar-refractivity contribution in [1.29, 1.82) is 0 Å². The van der Waals surface area contributed by atoms with Crippen LogP contribution < -0.4 is 0 Å². The molecule has 0 unspecified atom stereocenters. The number of rotatable bonds is 14. The van der Waals surface area contributed by atoms with Gasteiger partial charge in [-0.1, -0.05) is 79.1 Å². The molecule has 0 saturated heterocycles. The largest absolute Gasteiger partial charge is 0.205 e. The maximum Gasteiger partial charge on any atom is 0.159 e. The highest BCUT2D eigenvalue weighted by molar-refractivity contribution is 6.30. The molecule has 91 heavy (non-hydrogen) atoms. The summed E-state index contributed by atoms with van der Waals surface area (Å²) >= 11 is 5.79. The van der Waals surface area contributed by atoms with E-state index in [9.17, 15) is 30.7 Å². The van der Waals surface area contributed by atoms with Crippen molar-refractivity contribution in [2.75, 3.05) is 0 Å². The Balaban J connectivity index is 0.000000144. The monoisotopic (exact) mass is 1270 g/mol. The first-order chi connectivity index (χ1) is 44.2. The summed E-state index contributed by atoms with van der Waals surface area (Å²) in [5.41, 5.74) is 4.09. The van der Waals surface area contributed by atoms with Crippen molar-refractivity contribution in [1.82, 2.24) is 0 Å². The SMILES string of the molecule is C/C=C/C1CCC(C2CCC(c3ccc(F)c(F)c3)CC2)CC1.C=CC1CCC(C2CCC(c3ccc(Cl)c(F)c3)CC2)CC1.C=CC1CCC(C2CCC(c3ccc(F)c(F)c3)CC2)CC1.C=CCCC1CCC(C2CCC(c3ccc(F)c(F)c3)CC2)CC1. The third-order valence-corrected chi connectivity index (χ3v) is 25.0. The average molecular weight is 1280 g/mol. The van der Waals surface area contributed by atoms with E-state index in [-0.39, 0.29) is 10.8 Å². The van der Waals surface area contributed by atoms with Crippen molar-refractivity contribution >= 4 is 11.6 Å². The molecule has 8 saturated carbocycles. The second-order valence-electron chi connectivity index (χ2n) is 29.8. The van der Waals surface area contributed by atoms with Crippen LogP contribution in [0.2, 0.25) is 5.02 Å². The van der Waals surface area contributed by atoms with Gasteiger partial charge in [0.1, 0.15) is 5.82 Å². The number of benzene rings is 4. The number of hydrogen-bond donors (Lipinski definition) is 0. The summed E-state index contributed by atoms with van der Waals surface area (Å²) in [5.74, 6) is 7.39. The molecule has 0 N–H and O–H groups in total. The highest BCUT2D eigenvalue weighted by atomic mass is 35.5. The second kappa shape index (κ2) is 35.9. The quantitative estimate of drug-likeness (QED) is 0.0872. The van der Waals surface area contributed by atoms with Gasteiger partial charge in [-0.15, -0.1) is 19.7 Å². The topological polar surface area (TPSA) is 0 Å². The van der Waals surface area contributed by atoms with Gasteiger partial charge in [0, 0.05) is 0 Å². The van der Waals surface area contributed by atoms with Gasteiger partial charge in [0.05, 0.1) is 5.02 Å². The molecule has 0 aliphatic heterocycles. The average Bonchev–Trinajstić information content (AvgIpc) is 2.53. The third kappa shape index (κ3) is 20.6. The standard InChI is InChI=1S/C22H30F2.C21H28F2.C20H26ClF.C20H26F2/c1-2-3-4-16-5-7-17(8-6-16)18-9-11-19(12-10-18)20-13-14-21(23)22(24)15-20;1-2-3-15-4-6-16(7-5-15)17-8-10-18(11-9-17)19-12-13-20(22)21(23)14-19;2*1-2-14-3-5-15(6-4-14)16-7-9-17(10-8-16)18-11-12-19(21)20(22)13-18/h2,13-19H,1,3-12H2;2-3,12-18H,4-11H2,1H3;2*2,11-17H,1,3-10H2/b;3-2+;;. The van der Waals surface area contributed by atoms with E-state index in [0.29, 0.717) is 23.7 Å². The molecule has 498 valence electrons. The van der Waals surface area contributed by atoms with Crippen molar-refractivity contribution in [3.8, 4) is 0 Å². The lowest BCUT2D eigenvalue weighted by Gasteiger charge is -2.38. The zero-order chi connectivity index (χ0) is 64.2. The summed E-state index contributed by atoms with van der Waals surface area (Å²) in [6, 6.07) is 18.7. The smallest absolute Gasteiger partial charge is 0.159 e. The van der Waals surface area contributed by atoms with Crippen LogP contribution >= 0.6 is 11.6 Å². The van der Waals surface area contributed by atoms with E-state index in [1.165, 1.54) is 210 Å². The Bertz CT molecular complexity index is 2770. The molecule has 8 fully saturated rings. The van der Waals surface area contributed by atoms with Crippen LogP contribution in [-0.2, 0) is 0 Å². The third-order valence-electron chi connectivity index (χ3n) is 24.7. The first kappa shape index (κ1) is 70.9. The minimum atomic E-state index is -0.739. The molecule has 0 amide bonds. The Morgan fingerprint density at radius 1 is 0.330 bits per heavy atom. The molecule has 0 atom stereocenters. The molecule has 0 bridgehead atoms. The molecule has 8 heteroatoms. The summed E-state index contributed by atoms with van der Waals surface area (Å²) in [6.45, 7) is 13.8. The van der Waals surface area contributed by atoms with Crippen LogP contribution in [0, 0.1) is 112 Å². The lowest BCUT2D eigenvalue weighted by molar-refractivity contribution is 0.157. The molecular formula is C83H110ClF7. The van der Waals surface area contributed by atoms with E-state index in [0.717, 1.165) is 138 Å². The molecule has 8 aliphatic rings. The molecule has 0 radical (unpaired) electrons. The molecule has 0 nitrogen and oxygen atoms in total. The fourth-order valence-corrected chi connectivity index (χ4v) is 19.0. The lowest BCUT2D eigenvalue weighted by atomic mass is 9.68. The molecule has 0 aromatic heterocycles. The predicted molar refractivity (Wildman–Crippen MR) is 366 cm³/mol. The van der Waals surface area contributed by atoms with Gasteiger partial charge in [-0.25, -0.2) is 30.7 Å². The molecular weight excluding hydrogens is 1170 g/mol. The van der Waals surface area contributed by atoms with Crippen molar-refractivity contribution in [3.05, 3.63) is 191 Å². The fourth-order valence-electron chi connectivity index (χ4n) is 18.8. The van der Waals surface area contributed by atoms with Gasteiger partial charge in [-0.05, 0) is 378 Å². The van der Waals surface area contributed by atoms with Crippen LogP contribution in [0.15, 0.2) is 123 Å². The minimum Gasteiger partial charge on any atom is -0.205 e. The van der Waals surface area contributed by atoms with E-state index >= 15 is 0 Å². The van der Waals surface area contributed by atoms with E-state index in [4.69, 9.17) is 11.6 Å². The number of allylic oxidation sites excluding steroid dienone is 5. The predicted octanol–water partition coefficient (Wildman–Crippen LogP) is 26.6. The van der Waals surface area contributed by atoms with Gasteiger partial charge in [0.2, 0.25) is 0 Å². The molecule has 0 heterocycles. The van der Waals surface area contributed by atoms with Crippen LogP contribution in [0.25, 0.3) is 0 Å². The normalized spacial score (nSPS) is 32.1. The van der Waals surface area contributed by atoms with Gasteiger partial charge in [0.25, 0.3) is 0 Å².